The number of nitrogens with two attached hydrogens (primary N) is 1. The van der Waals surface area contributed by atoms with Crippen LogP contribution < -0.4 is 10.5 Å². The van der Waals surface area contributed by atoms with Crippen LogP contribution in [-0.2, 0) is 6.18 Å². The molecule has 0 unspecified atom stereocenters. The maximum Gasteiger partial charge on any atom is 0.433 e. The molecule has 1 aromatic heterocycles. The third kappa shape index (κ3) is 2.07. The molecule has 0 radical (unpaired) electrons. The Morgan fingerprint density at radius 2 is 1.95 bits per heavy atom. The smallest absolute Gasteiger partial charge is 0.420 e. The number of nitrogens with one attached hydrogen (secondary N) is 1. The van der Waals surface area contributed by atoms with Crippen molar-refractivity contribution in [1.82, 2.24) is 10.2 Å². The highest BCUT2D eigenvalue weighted by Crippen LogP contribution is 2.46. The van der Waals surface area contributed by atoms with E-state index in [9.17, 15) is 18.4 Å². The minimum atomic E-state index is -4.65. The first kappa shape index (κ1) is 14.0. The van der Waals surface area contributed by atoms with E-state index >= 15 is 0 Å². The number of rotatable bonds is 1. The molecule has 0 bridgehead atoms. The Morgan fingerprint density at radius 1 is 1.27 bits per heavy atom. The van der Waals surface area contributed by atoms with Crippen LogP contribution in [0.3, 0.4) is 0 Å². The summed E-state index contributed by atoms with van der Waals surface area (Å²) in [5.74, 6) is -1.49. The molecule has 112 valence electrons. The molecule has 22 heavy (non-hydrogen) atoms. The molecule has 0 saturated carbocycles. The molecule has 2 aromatic rings. The maximum atomic E-state index is 13.2. The van der Waals surface area contributed by atoms with Gasteiger partial charge in [-0.1, -0.05) is 30.3 Å². The van der Waals surface area contributed by atoms with Crippen LogP contribution in [0.15, 0.2) is 41.8 Å². The Bertz CT molecular complexity index is 787. The number of aromatic amines is 1. The average Bonchev–Trinajstić information content (AvgIpc) is 2.90. The largest absolute Gasteiger partial charge is 0.433 e. The van der Waals surface area contributed by atoms with Gasteiger partial charge in [0, 0.05) is 0 Å². The number of halogens is 3. The van der Waals surface area contributed by atoms with Crippen LogP contribution >= 0.6 is 0 Å². The number of alkyl halides is 3. The number of ether oxygens (including phenoxy) is 1. The van der Waals surface area contributed by atoms with E-state index in [1.165, 1.54) is 0 Å². The molecule has 5 nitrogen and oxygen atoms in total. The zero-order valence-corrected chi connectivity index (χ0v) is 11.0. The summed E-state index contributed by atoms with van der Waals surface area (Å²) >= 11 is 0. The van der Waals surface area contributed by atoms with Crippen LogP contribution in [0.2, 0.25) is 0 Å². The number of nitriles is 1. The van der Waals surface area contributed by atoms with Crippen molar-refractivity contribution < 1.29 is 17.9 Å². The van der Waals surface area contributed by atoms with Gasteiger partial charge < -0.3 is 10.5 Å². The van der Waals surface area contributed by atoms with Gasteiger partial charge >= 0.3 is 6.18 Å². The third-order valence-electron chi connectivity index (χ3n) is 3.36. The van der Waals surface area contributed by atoms with Gasteiger partial charge in [-0.2, -0.15) is 18.4 Å². The molecule has 1 aliphatic rings. The van der Waals surface area contributed by atoms with Crippen molar-refractivity contribution in [2.75, 3.05) is 0 Å². The highest BCUT2D eigenvalue weighted by Gasteiger charge is 2.44. The van der Waals surface area contributed by atoms with Crippen LogP contribution in [0.25, 0.3) is 0 Å². The lowest BCUT2D eigenvalue weighted by Gasteiger charge is -2.24. The fraction of sp³-hybridized carbons (Fsp3) is 0.143. The number of aromatic nitrogens is 2. The Labute approximate surface area is 122 Å². The summed E-state index contributed by atoms with van der Waals surface area (Å²) in [4.78, 5) is 0. The van der Waals surface area contributed by atoms with E-state index in [-0.39, 0.29) is 22.9 Å². The second-order valence-corrected chi connectivity index (χ2v) is 4.65. The molecule has 1 atom stereocenters. The summed E-state index contributed by atoms with van der Waals surface area (Å²) in [6.07, 6.45) is -4.65. The number of hydrogen-bond donors (Lipinski definition) is 2. The molecule has 3 rings (SSSR count). The zero-order chi connectivity index (χ0) is 15.9. The molecule has 0 spiro atoms. The monoisotopic (exact) mass is 306 g/mol. The standard InChI is InChI=1S/C14H9F3N4O/c15-14(16,17)11-10-9(7-4-2-1-3-5-7)8(6-18)12(19)22-13(10)21-20-11/h1-5,9H,19H2,(H,20,21)/t9-/m0/s1. The Hall–Kier alpha value is -2.95. The predicted octanol–water partition coefficient (Wildman–Crippen LogP) is 2.65. The Balaban J connectivity index is 2.27. The first-order chi connectivity index (χ1) is 10.4. The minimum absolute atomic E-state index is 0.0781. The van der Waals surface area contributed by atoms with Crippen molar-refractivity contribution >= 4 is 0 Å². The first-order valence-corrected chi connectivity index (χ1v) is 6.21. The molecule has 0 fully saturated rings. The van der Waals surface area contributed by atoms with E-state index in [4.69, 9.17) is 10.5 Å². The fourth-order valence-corrected chi connectivity index (χ4v) is 2.44. The van der Waals surface area contributed by atoms with Gasteiger partial charge in [-0.15, -0.1) is 5.10 Å². The van der Waals surface area contributed by atoms with E-state index in [2.05, 4.69) is 5.10 Å². The summed E-state index contributed by atoms with van der Waals surface area (Å²) in [7, 11) is 0. The lowest BCUT2D eigenvalue weighted by molar-refractivity contribution is -0.141. The van der Waals surface area contributed by atoms with E-state index < -0.39 is 17.8 Å². The summed E-state index contributed by atoms with van der Waals surface area (Å²) in [5, 5.41) is 14.7. The molecule has 0 aliphatic carbocycles. The fourth-order valence-electron chi connectivity index (χ4n) is 2.44. The van der Waals surface area contributed by atoms with Crippen LogP contribution in [0.5, 0.6) is 5.88 Å². The molecule has 3 N–H and O–H groups in total. The van der Waals surface area contributed by atoms with Gasteiger partial charge in [0.2, 0.25) is 11.8 Å². The van der Waals surface area contributed by atoms with E-state index in [0.29, 0.717) is 5.56 Å². The predicted molar refractivity (Wildman–Crippen MR) is 69.3 cm³/mol. The minimum Gasteiger partial charge on any atom is -0.420 e. The number of fused-ring (bicyclic) bond motifs is 1. The highest BCUT2D eigenvalue weighted by molar-refractivity contribution is 5.55. The lowest BCUT2D eigenvalue weighted by atomic mass is 9.84. The van der Waals surface area contributed by atoms with Gasteiger partial charge in [-0.25, -0.2) is 0 Å². The van der Waals surface area contributed by atoms with E-state index in [1.54, 1.807) is 30.3 Å². The second-order valence-electron chi connectivity index (χ2n) is 4.65. The summed E-state index contributed by atoms with van der Waals surface area (Å²) in [6, 6.07) is 10.1. The van der Waals surface area contributed by atoms with Crippen LogP contribution in [0.4, 0.5) is 13.2 Å². The van der Waals surface area contributed by atoms with Gasteiger partial charge in [0.05, 0.1) is 11.5 Å². The average molecular weight is 306 g/mol. The molecule has 1 aliphatic heterocycles. The zero-order valence-electron chi connectivity index (χ0n) is 11.0. The number of nitrogens with zero attached hydrogens (tertiary/aromatic N) is 2. The first-order valence-electron chi connectivity index (χ1n) is 6.21. The van der Waals surface area contributed by atoms with Crippen LogP contribution in [-0.4, -0.2) is 10.2 Å². The summed E-state index contributed by atoms with van der Waals surface area (Å²) in [5.41, 5.74) is 4.79. The Kier molecular flexibility index (Phi) is 3.06. The van der Waals surface area contributed by atoms with Crippen molar-refractivity contribution in [2.24, 2.45) is 5.73 Å². The van der Waals surface area contributed by atoms with Crippen molar-refractivity contribution in [3.63, 3.8) is 0 Å². The van der Waals surface area contributed by atoms with Crippen molar-refractivity contribution in [3.05, 3.63) is 58.6 Å². The van der Waals surface area contributed by atoms with Gasteiger partial charge in [-0.05, 0) is 5.56 Å². The number of H-pyrrole nitrogens is 1. The molecule has 1 aromatic carbocycles. The normalized spacial score (nSPS) is 17.6. The van der Waals surface area contributed by atoms with Crippen molar-refractivity contribution in [3.8, 4) is 11.9 Å². The van der Waals surface area contributed by atoms with Gasteiger partial charge in [0.1, 0.15) is 17.3 Å². The second kappa shape index (κ2) is 4.80. The van der Waals surface area contributed by atoms with Crippen molar-refractivity contribution in [2.45, 2.75) is 12.1 Å². The molecule has 8 heteroatoms. The molecule has 2 heterocycles. The highest BCUT2D eigenvalue weighted by atomic mass is 19.4. The third-order valence-corrected chi connectivity index (χ3v) is 3.36. The van der Waals surface area contributed by atoms with E-state index in [1.807, 2.05) is 11.2 Å². The van der Waals surface area contributed by atoms with Gasteiger partial charge in [-0.3, -0.25) is 5.10 Å². The maximum absolute atomic E-state index is 13.2. The number of allylic oxidation sites excluding steroid dienone is 1. The SMILES string of the molecule is N#CC1=C(N)Oc2n[nH]c(C(F)(F)F)c2[C@H]1c1ccccc1. The number of benzene rings is 1. The molecule has 0 amide bonds. The Morgan fingerprint density at radius 3 is 2.55 bits per heavy atom. The quantitative estimate of drug-likeness (QED) is 0.848. The van der Waals surface area contributed by atoms with E-state index in [0.717, 1.165) is 0 Å². The topological polar surface area (TPSA) is 87.7 Å². The lowest BCUT2D eigenvalue weighted by Crippen LogP contribution is -2.22. The van der Waals surface area contributed by atoms with Gasteiger partial charge in [0.25, 0.3) is 0 Å². The molecule has 0 saturated heterocycles. The molecular formula is C14H9F3N4O. The summed E-state index contributed by atoms with van der Waals surface area (Å²) in [6.45, 7) is 0. The van der Waals surface area contributed by atoms with Crippen LogP contribution in [0, 0.1) is 11.3 Å². The van der Waals surface area contributed by atoms with Crippen molar-refractivity contribution in [1.29, 1.82) is 5.26 Å². The number of hydrogen-bond acceptors (Lipinski definition) is 4. The summed E-state index contributed by atoms with van der Waals surface area (Å²) < 4.78 is 44.6. The van der Waals surface area contributed by atoms with Crippen LogP contribution in [0.1, 0.15) is 22.7 Å². The molecular weight excluding hydrogens is 297 g/mol. The van der Waals surface area contributed by atoms with Gasteiger partial charge in [0.15, 0.2) is 0 Å².